The summed E-state index contributed by atoms with van der Waals surface area (Å²) >= 11 is 0. The molecule has 0 aliphatic carbocycles. The average molecular weight is 156 g/mol. The van der Waals surface area contributed by atoms with Gasteiger partial charge in [-0.2, -0.15) is 5.06 Å². The highest BCUT2D eigenvalue weighted by molar-refractivity contribution is 4.81. The second-order valence-electron chi connectivity index (χ2n) is 3.83. The van der Waals surface area contributed by atoms with Gasteiger partial charge in [-0.25, -0.2) is 0 Å². The lowest BCUT2D eigenvalue weighted by molar-refractivity contribution is -0.157. The van der Waals surface area contributed by atoms with Gasteiger partial charge in [0, 0.05) is 19.0 Å². The highest BCUT2D eigenvalue weighted by atomic mass is 16.7. The van der Waals surface area contributed by atoms with Crippen LogP contribution in [0, 0.1) is 11.8 Å². The van der Waals surface area contributed by atoms with Gasteiger partial charge in [-0.1, -0.05) is 13.8 Å². The quantitative estimate of drug-likeness (QED) is 0.550. The second kappa shape index (κ2) is 2.73. The molecule has 0 saturated carbocycles. The summed E-state index contributed by atoms with van der Waals surface area (Å²) in [6.07, 6.45) is 0.478. The Labute approximate surface area is 67.7 Å². The molecule has 3 atom stereocenters. The summed E-state index contributed by atoms with van der Waals surface area (Å²) in [7, 11) is 0. The Hall–Kier alpha value is -0.120. The van der Waals surface area contributed by atoms with Crippen molar-refractivity contribution in [2.45, 2.75) is 20.0 Å². The third-order valence-electron chi connectivity index (χ3n) is 2.52. The van der Waals surface area contributed by atoms with E-state index in [0.717, 1.165) is 25.6 Å². The Morgan fingerprint density at radius 1 is 1.45 bits per heavy atom. The SMILES string of the molecule is CC1CNC2C(C)CON2C1. The Bertz CT molecular complexity index is 151. The van der Waals surface area contributed by atoms with E-state index in [9.17, 15) is 0 Å². The standard InChI is InChI=1S/C8H16N2O/c1-6-3-9-8-7(2)5-11-10(8)4-6/h6-9H,3-5H2,1-2H3. The Kier molecular flexibility index (Phi) is 1.87. The molecule has 2 aliphatic heterocycles. The smallest absolute Gasteiger partial charge is 0.0892 e. The highest BCUT2D eigenvalue weighted by Crippen LogP contribution is 2.22. The summed E-state index contributed by atoms with van der Waals surface area (Å²) in [5.41, 5.74) is 0. The van der Waals surface area contributed by atoms with Crippen LogP contribution < -0.4 is 5.32 Å². The van der Waals surface area contributed by atoms with Crippen molar-refractivity contribution in [2.75, 3.05) is 19.7 Å². The maximum Gasteiger partial charge on any atom is 0.0892 e. The fourth-order valence-corrected chi connectivity index (χ4v) is 1.83. The molecule has 11 heavy (non-hydrogen) atoms. The van der Waals surface area contributed by atoms with E-state index in [2.05, 4.69) is 24.2 Å². The van der Waals surface area contributed by atoms with Crippen molar-refractivity contribution in [3.63, 3.8) is 0 Å². The van der Waals surface area contributed by atoms with Crippen molar-refractivity contribution in [3.05, 3.63) is 0 Å². The lowest BCUT2D eigenvalue weighted by atomic mass is 10.1. The molecular weight excluding hydrogens is 140 g/mol. The van der Waals surface area contributed by atoms with Gasteiger partial charge in [-0.15, -0.1) is 0 Å². The van der Waals surface area contributed by atoms with Crippen LogP contribution in [0.15, 0.2) is 0 Å². The van der Waals surface area contributed by atoms with Gasteiger partial charge < -0.3 is 0 Å². The van der Waals surface area contributed by atoms with E-state index in [1.54, 1.807) is 0 Å². The maximum absolute atomic E-state index is 5.51. The molecule has 0 spiro atoms. The lowest BCUT2D eigenvalue weighted by Gasteiger charge is -2.33. The average Bonchev–Trinajstić information content (AvgIpc) is 2.32. The van der Waals surface area contributed by atoms with Crippen molar-refractivity contribution in [1.82, 2.24) is 10.4 Å². The molecule has 2 aliphatic rings. The molecule has 0 amide bonds. The van der Waals surface area contributed by atoms with Crippen LogP contribution in [0.3, 0.4) is 0 Å². The minimum atomic E-state index is 0.478. The third kappa shape index (κ3) is 1.28. The number of nitrogens with zero attached hydrogens (tertiary/aromatic N) is 1. The zero-order chi connectivity index (χ0) is 7.84. The Morgan fingerprint density at radius 3 is 3.09 bits per heavy atom. The largest absolute Gasteiger partial charge is 0.299 e. The number of nitrogens with one attached hydrogen (secondary N) is 1. The lowest BCUT2D eigenvalue weighted by Crippen LogP contribution is -2.52. The van der Waals surface area contributed by atoms with Crippen LogP contribution in [0.1, 0.15) is 13.8 Å². The van der Waals surface area contributed by atoms with Gasteiger partial charge in [-0.3, -0.25) is 10.2 Å². The van der Waals surface area contributed by atoms with E-state index >= 15 is 0 Å². The molecule has 2 fully saturated rings. The van der Waals surface area contributed by atoms with Gasteiger partial charge in [0.1, 0.15) is 0 Å². The number of fused-ring (bicyclic) bond motifs is 1. The molecule has 0 aromatic heterocycles. The number of hydrogen-bond donors (Lipinski definition) is 1. The van der Waals surface area contributed by atoms with Crippen LogP contribution in [-0.2, 0) is 4.84 Å². The van der Waals surface area contributed by atoms with Crippen LogP contribution in [0.2, 0.25) is 0 Å². The van der Waals surface area contributed by atoms with Crippen LogP contribution in [0.5, 0.6) is 0 Å². The first-order chi connectivity index (χ1) is 5.27. The summed E-state index contributed by atoms with van der Waals surface area (Å²) in [5, 5.41) is 5.58. The minimum Gasteiger partial charge on any atom is -0.299 e. The molecule has 0 aromatic rings. The molecule has 0 radical (unpaired) electrons. The van der Waals surface area contributed by atoms with Crippen LogP contribution in [-0.4, -0.2) is 30.9 Å². The van der Waals surface area contributed by atoms with E-state index in [-0.39, 0.29) is 0 Å². The maximum atomic E-state index is 5.51. The molecule has 1 N–H and O–H groups in total. The van der Waals surface area contributed by atoms with Gasteiger partial charge in [0.05, 0.1) is 12.8 Å². The molecule has 3 heteroatoms. The summed E-state index contributed by atoms with van der Waals surface area (Å²) in [6.45, 7) is 7.57. The van der Waals surface area contributed by atoms with Gasteiger partial charge in [0.2, 0.25) is 0 Å². The van der Waals surface area contributed by atoms with E-state index in [1.807, 2.05) is 0 Å². The van der Waals surface area contributed by atoms with Gasteiger partial charge in [-0.05, 0) is 5.92 Å². The summed E-state index contributed by atoms with van der Waals surface area (Å²) in [4.78, 5) is 5.51. The summed E-state index contributed by atoms with van der Waals surface area (Å²) in [6, 6.07) is 0. The molecule has 0 aromatic carbocycles. The van der Waals surface area contributed by atoms with E-state index < -0.39 is 0 Å². The molecule has 0 bridgehead atoms. The van der Waals surface area contributed by atoms with Crippen molar-refractivity contribution in [2.24, 2.45) is 11.8 Å². The molecular formula is C8H16N2O. The monoisotopic (exact) mass is 156 g/mol. The minimum absolute atomic E-state index is 0.478. The van der Waals surface area contributed by atoms with Crippen LogP contribution >= 0.6 is 0 Å². The molecule has 2 rings (SSSR count). The predicted molar refractivity (Wildman–Crippen MR) is 42.8 cm³/mol. The number of hydrogen-bond acceptors (Lipinski definition) is 3. The van der Waals surface area contributed by atoms with E-state index in [1.165, 1.54) is 0 Å². The molecule has 64 valence electrons. The first-order valence-corrected chi connectivity index (χ1v) is 4.40. The highest BCUT2D eigenvalue weighted by Gasteiger charge is 2.35. The first-order valence-electron chi connectivity index (χ1n) is 4.40. The van der Waals surface area contributed by atoms with Crippen molar-refractivity contribution in [1.29, 1.82) is 0 Å². The fraction of sp³-hybridized carbons (Fsp3) is 1.00. The second-order valence-corrected chi connectivity index (χ2v) is 3.83. The van der Waals surface area contributed by atoms with Gasteiger partial charge >= 0.3 is 0 Å². The molecule has 3 nitrogen and oxygen atoms in total. The predicted octanol–water partition coefficient (Wildman–Crippen LogP) is 0.435. The topological polar surface area (TPSA) is 24.5 Å². The first kappa shape index (κ1) is 7.53. The Morgan fingerprint density at radius 2 is 2.27 bits per heavy atom. The molecule has 2 saturated heterocycles. The third-order valence-corrected chi connectivity index (χ3v) is 2.52. The van der Waals surface area contributed by atoms with Crippen molar-refractivity contribution < 1.29 is 4.84 Å². The van der Waals surface area contributed by atoms with Crippen molar-refractivity contribution >= 4 is 0 Å². The normalized spacial score (nSPS) is 45.8. The molecule has 3 unspecified atom stereocenters. The van der Waals surface area contributed by atoms with Crippen molar-refractivity contribution in [3.8, 4) is 0 Å². The van der Waals surface area contributed by atoms with E-state index in [0.29, 0.717) is 12.1 Å². The molecule has 2 heterocycles. The van der Waals surface area contributed by atoms with Crippen LogP contribution in [0.4, 0.5) is 0 Å². The fourth-order valence-electron chi connectivity index (χ4n) is 1.83. The zero-order valence-electron chi connectivity index (χ0n) is 7.21. The number of hydroxylamine groups is 2. The van der Waals surface area contributed by atoms with Gasteiger partial charge in [0.25, 0.3) is 0 Å². The summed E-state index contributed by atoms with van der Waals surface area (Å²) in [5.74, 6) is 1.36. The summed E-state index contributed by atoms with van der Waals surface area (Å²) < 4.78 is 0. The van der Waals surface area contributed by atoms with Gasteiger partial charge in [0.15, 0.2) is 0 Å². The number of rotatable bonds is 0. The zero-order valence-corrected chi connectivity index (χ0v) is 7.21. The van der Waals surface area contributed by atoms with Crippen LogP contribution in [0.25, 0.3) is 0 Å². The Balaban J connectivity index is 2.00. The van der Waals surface area contributed by atoms with E-state index in [4.69, 9.17) is 4.84 Å².